The van der Waals surface area contributed by atoms with Gasteiger partial charge in [0.15, 0.2) is 0 Å². The second kappa shape index (κ2) is 9.41. The van der Waals surface area contributed by atoms with Crippen molar-refractivity contribution in [1.29, 1.82) is 0 Å². The summed E-state index contributed by atoms with van der Waals surface area (Å²) < 4.78 is 16.5. The topological polar surface area (TPSA) is 67.4 Å². The third kappa shape index (κ3) is 10.7. The molecule has 2 N–H and O–H groups in total. The summed E-state index contributed by atoms with van der Waals surface area (Å²) in [4.78, 5) is 11.7. The van der Waals surface area contributed by atoms with Crippen LogP contribution in [0.4, 0.5) is 4.79 Å². The minimum Gasteiger partial charge on any atom is -0.444 e. The zero-order chi connectivity index (χ0) is 16.6. The van der Waals surface area contributed by atoms with Gasteiger partial charge in [-0.3, -0.25) is 4.21 Å². The Balaban J connectivity index is 4.14. The summed E-state index contributed by atoms with van der Waals surface area (Å²) in [6.45, 7) is 13.8. The zero-order valence-electron chi connectivity index (χ0n) is 14.5. The van der Waals surface area contributed by atoms with E-state index in [0.29, 0.717) is 18.4 Å². The van der Waals surface area contributed by atoms with E-state index in [1.54, 1.807) is 6.26 Å². The normalized spacial score (nSPS) is 16.4. The maximum Gasteiger partial charge on any atom is 0.407 e. The van der Waals surface area contributed by atoms with Gasteiger partial charge in [0.25, 0.3) is 0 Å². The Bertz CT molecular complexity index is 340. The fourth-order valence-corrected chi connectivity index (χ4v) is 2.01. The second-order valence-electron chi connectivity index (χ2n) is 6.85. The molecule has 0 bridgehead atoms. The maximum absolute atomic E-state index is 11.7. The highest BCUT2D eigenvalue weighted by molar-refractivity contribution is 7.84. The molecule has 1 amide bonds. The summed E-state index contributed by atoms with van der Waals surface area (Å²) in [5, 5.41) is 6.29. The molecule has 0 radical (unpaired) electrons. The SMILES string of the molecule is CC(C)C(CNCC(C)S(C)=O)CNC(=O)OC(C)(C)C. The first-order valence-electron chi connectivity index (χ1n) is 7.52. The van der Waals surface area contributed by atoms with Gasteiger partial charge in [-0.05, 0) is 46.1 Å². The van der Waals surface area contributed by atoms with E-state index in [1.165, 1.54) is 0 Å². The quantitative estimate of drug-likeness (QED) is 0.719. The number of alkyl carbamates (subject to hydrolysis) is 1. The third-order valence-corrected chi connectivity index (χ3v) is 4.56. The van der Waals surface area contributed by atoms with Gasteiger partial charge < -0.3 is 15.4 Å². The molecule has 0 saturated heterocycles. The maximum atomic E-state index is 11.7. The number of carbonyl (C=O) groups excluding carboxylic acids is 1. The molecule has 0 aromatic heterocycles. The molecule has 0 spiro atoms. The molecule has 3 atom stereocenters. The van der Waals surface area contributed by atoms with Crippen LogP contribution in [0.1, 0.15) is 41.5 Å². The molecule has 0 aliphatic rings. The van der Waals surface area contributed by atoms with Gasteiger partial charge in [-0.25, -0.2) is 4.79 Å². The van der Waals surface area contributed by atoms with E-state index in [1.807, 2.05) is 27.7 Å². The first-order valence-corrected chi connectivity index (χ1v) is 9.15. The van der Waals surface area contributed by atoms with Gasteiger partial charge in [-0.1, -0.05) is 13.8 Å². The number of rotatable bonds is 8. The van der Waals surface area contributed by atoms with Crippen LogP contribution in [0, 0.1) is 11.8 Å². The van der Waals surface area contributed by atoms with Crippen molar-refractivity contribution in [3.63, 3.8) is 0 Å². The molecule has 0 aliphatic carbocycles. The molecule has 0 rings (SSSR count). The summed E-state index contributed by atoms with van der Waals surface area (Å²) in [5.74, 6) is 0.755. The lowest BCUT2D eigenvalue weighted by atomic mass is 9.96. The zero-order valence-corrected chi connectivity index (χ0v) is 15.3. The van der Waals surface area contributed by atoms with Crippen molar-refractivity contribution < 1.29 is 13.7 Å². The Kier molecular flexibility index (Phi) is 9.13. The molecule has 6 heteroatoms. The van der Waals surface area contributed by atoms with Gasteiger partial charge in [-0.2, -0.15) is 0 Å². The summed E-state index contributed by atoms with van der Waals surface area (Å²) in [6.07, 6.45) is 1.34. The molecular formula is C15H32N2O3S. The molecular weight excluding hydrogens is 288 g/mol. The Labute approximate surface area is 132 Å². The van der Waals surface area contributed by atoms with Crippen molar-refractivity contribution in [1.82, 2.24) is 10.6 Å². The van der Waals surface area contributed by atoms with Crippen molar-refractivity contribution in [2.45, 2.75) is 52.4 Å². The largest absolute Gasteiger partial charge is 0.444 e. The van der Waals surface area contributed by atoms with Crippen LogP contribution in [-0.2, 0) is 15.5 Å². The van der Waals surface area contributed by atoms with Crippen LogP contribution in [0.2, 0.25) is 0 Å². The summed E-state index contributed by atoms with van der Waals surface area (Å²) >= 11 is 0. The minimum atomic E-state index is -0.810. The molecule has 0 aromatic carbocycles. The van der Waals surface area contributed by atoms with Crippen LogP contribution in [0.15, 0.2) is 0 Å². The smallest absolute Gasteiger partial charge is 0.407 e. The average molecular weight is 320 g/mol. The van der Waals surface area contributed by atoms with E-state index in [-0.39, 0.29) is 11.3 Å². The van der Waals surface area contributed by atoms with Crippen molar-refractivity contribution >= 4 is 16.9 Å². The Hall–Kier alpha value is -0.620. The highest BCUT2D eigenvalue weighted by Gasteiger charge is 2.19. The van der Waals surface area contributed by atoms with Crippen molar-refractivity contribution in [3.8, 4) is 0 Å². The predicted octanol–water partition coefficient (Wildman–Crippen LogP) is 2.14. The summed E-state index contributed by atoms with van der Waals surface area (Å²) in [6, 6.07) is 0. The van der Waals surface area contributed by atoms with Gasteiger partial charge >= 0.3 is 6.09 Å². The Morgan fingerprint density at radius 2 is 1.71 bits per heavy atom. The standard InChI is InChI=1S/C15H32N2O3S/c1-11(2)13(9-16-8-12(3)21(7)19)10-17-14(18)20-15(4,5)6/h11-13,16H,8-10H2,1-7H3,(H,17,18). The molecule has 0 aliphatic heterocycles. The molecule has 5 nitrogen and oxygen atoms in total. The first kappa shape index (κ1) is 20.4. The molecule has 0 aromatic rings. The minimum absolute atomic E-state index is 0.136. The number of nitrogens with one attached hydrogen (secondary N) is 2. The van der Waals surface area contributed by atoms with Crippen molar-refractivity contribution in [2.75, 3.05) is 25.9 Å². The number of carbonyl (C=O) groups is 1. The van der Waals surface area contributed by atoms with E-state index in [4.69, 9.17) is 4.74 Å². The average Bonchev–Trinajstić information content (AvgIpc) is 2.30. The lowest BCUT2D eigenvalue weighted by Gasteiger charge is -2.24. The van der Waals surface area contributed by atoms with Gasteiger partial charge in [0, 0.05) is 35.4 Å². The fraction of sp³-hybridized carbons (Fsp3) is 0.933. The second-order valence-corrected chi connectivity index (χ2v) is 8.66. The molecule has 0 heterocycles. The van der Waals surface area contributed by atoms with Gasteiger partial charge in [0.05, 0.1) is 0 Å². The van der Waals surface area contributed by atoms with Gasteiger partial charge in [0.1, 0.15) is 5.60 Å². The summed E-state index contributed by atoms with van der Waals surface area (Å²) in [7, 11) is -0.810. The van der Waals surface area contributed by atoms with Crippen LogP contribution in [0.5, 0.6) is 0 Å². The Morgan fingerprint density at radius 1 is 1.14 bits per heavy atom. The molecule has 21 heavy (non-hydrogen) atoms. The van der Waals surface area contributed by atoms with Crippen LogP contribution in [0.25, 0.3) is 0 Å². The van der Waals surface area contributed by atoms with E-state index in [0.717, 1.165) is 13.1 Å². The van der Waals surface area contributed by atoms with Crippen LogP contribution in [-0.4, -0.2) is 47.0 Å². The third-order valence-electron chi connectivity index (χ3n) is 3.26. The molecule has 0 saturated carbocycles. The number of amides is 1. The highest BCUT2D eigenvalue weighted by Crippen LogP contribution is 2.10. The number of ether oxygens (including phenoxy) is 1. The van der Waals surface area contributed by atoms with Crippen molar-refractivity contribution in [2.24, 2.45) is 11.8 Å². The van der Waals surface area contributed by atoms with Gasteiger partial charge in [-0.15, -0.1) is 0 Å². The first-order chi connectivity index (χ1) is 9.53. The molecule has 126 valence electrons. The number of hydrogen-bond donors (Lipinski definition) is 2. The van der Waals surface area contributed by atoms with E-state index >= 15 is 0 Å². The monoisotopic (exact) mass is 320 g/mol. The van der Waals surface area contributed by atoms with Gasteiger partial charge in [0.2, 0.25) is 0 Å². The van der Waals surface area contributed by atoms with E-state index in [2.05, 4.69) is 24.5 Å². The Morgan fingerprint density at radius 3 is 2.14 bits per heavy atom. The highest BCUT2D eigenvalue weighted by atomic mass is 32.2. The van der Waals surface area contributed by atoms with E-state index in [9.17, 15) is 9.00 Å². The predicted molar refractivity (Wildman–Crippen MR) is 89.0 cm³/mol. The summed E-state index contributed by atoms with van der Waals surface area (Å²) in [5.41, 5.74) is -0.476. The molecule has 0 fully saturated rings. The lowest BCUT2D eigenvalue weighted by molar-refractivity contribution is 0.0515. The van der Waals surface area contributed by atoms with Crippen molar-refractivity contribution in [3.05, 3.63) is 0 Å². The van der Waals surface area contributed by atoms with Crippen LogP contribution < -0.4 is 10.6 Å². The number of hydrogen-bond acceptors (Lipinski definition) is 4. The van der Waals surface area contributed by atoms with Crippen LogP contribution in [0.3, 0.4) is 0 Å². The van der Waals surface area contributed by atoms with E-state index < -0.39 is 16.4 Å². The molecule has 3 unspecified atom stereocenters. The van der Waals surface area contributed by atoms with Crippen LogP contribution >= 0.6 is 0 Å². The fourth-order valence-electron chi connectivity index (χ4n) is 1.66. The lowest BCUT2D eigenvalue weighted by Crippen LogP contribution is -2.41.